The fraction of sp³-hybridized carbons (Fsp3) is 0.316. The predicted molar refractivity (Wildman–Crippen MR) is 91.4 cm³/mol. The number of hydrogen-bond donors (Lipinski definition) is 1. The van der Waals surface area contributed by atoms with Gasteiger partial charge < -0.3 is 14.8 Å². The summed E-state index contributed by atoms with van der Waals surface area (Å²) in [7, 11) is 0. The molecule has 23 heavy (non-hydrogen) atoms. The van der Waals surface area contributed by atoms with Crippen LogP contribution in [0.4, 0.5) is 0 Å². The molecule has 0 aliphatic rings. The number of amides is 1. The summed E-state index contributed by atoms with van der Waals surface area (Å²) in [4.78, 5) is 12.2. The first kappa shape index (κ1) is 16.9. The molecule has 1 amide bonds. The standard InChI is InChI=1S/C19H23NO3/c1-4-22-16-7-9-17(10-8-16)23-12-11-20-19(21)18-13-14(2)5-6-15(18)3/h5-10,13H,4,11-12H2,1-3H3,(H,20,21). The highest BCUT2D eigenvalue weighted by atomic mass is 16.5. The molecule has 0 unspecified atom stereocenters. The molecule has 0 heterocycles. The van der Waals surface area contributed by atoms with Crippen molar-refractivity contribution in [1.29, 1.82) is 0 Å². The van der Waals surface area contributed by atoms with Crippen LogP contribution in [-0.2, 0) is 0 Å². The summed E-state index contributed by atoms with van der Waals surface area (Å²) in [5.74, 6) is 1.51. The van der Waals surface area contributed by atoms with E-state index in [4.69, 9.17) is 9.47 Å². The Hall–Kier alpha value is -2.49. The van der Waals surface area contributed by atoms with Gasteiger partial charge in [-0.05, 0) is 56.7 Å². The molecular weight excluding hydrogens is 290 g/mol. The number of hydrogen-bond acceptors (Lipinski definition) is 3. The Morgan fingerprint density at radius 3 is 2.30 bits per heavy atom. The molecule has 0 aliphatic heterocycles. The number of aryl methyl sites for hydroxylation is 2. The molecule has 0 bridgehead atoms. The van der Waals surface area contributed by atoms with Crippen LogP contribution in [0.3, 0.4) is 0 Å². The van der Waals surface area contributed by atoms with E-state index in [1.807, 2.05) is 63.2 Å². The van der Waals surface area contributed by atoms with Gasteiger partial charge in [-0.2, -0.15) is 0 Å². The second-order valence-electron chi connectivity index (χ2n) is 5.33. The molecule has 2 rings (SSSR count). The predicted octanol–water partition coefficient (Wildman–Crippen LogP) is 3.51. The summed E-state index contributed by atoms with van der Waals surface area (Å²) < 4.78 is 11.0. The van der Waals surface area contributed by atoms with Gasteiger partial charge in [0, 0.05) is 5.56 Å². The van der Waals surface area contributed by atoms with Gasteiger partial charge in [0.05, 0.1) is 13.2 Å². The van der Waals surface area contributed by atoms with Crippen LogP contribution >= 0.6 is 0 Å². The lowest BCUT2D eigenvalue weighted by atomic mass is 10.1. The molecule has 1 N–H and O–H groups in total. The van der Waals surface area contributed by atoms with Crippen LogP contribution in [-0.4, -0.2) is 25.7 Å². The first-order valence-corrected chi connectivity index (χ1v) is 7.81. The van der Waals surface area contributed by atoms with Gasteiger partial charge in [-0.1, -0.05) is 17.7 Å². The zero-order valence-electron chi connectivity index (χ0n) is 13.9. The highest BCUT2D eigenvalue weighted by molar-refractivity contribution is 5.95. The molecule has 0 spiro atoms. The van der Waals surface area contributed by atoms with Crippen LogP contribution in [0, 0.1) is 13.8 Å². The van der Waals surface area contributed by atoms with Crippen LogP contribution < -0.4 is 14.8 Å². The second-order valence-corrected chi connectivity index (χ2v) is 5.33. The molecule has 0 saturated heterocycles. The highest BCUT2D eigenvalue weighted by Crippen LogP contribution is 2.17. The van der Waals surface area contributed by atoms with Crippen molar-refractivity contribution >= 4 is 5.91 Å². The third kappa shape index (κ3) is 5.02. The highest BCUT2D eigenvalue weighted by Gasteiger charge is 2.08. The van der Waals surface area contributed by atoms with Crippen molar-refractivity contribution in [1.82, 2.24) is 5.32 Å². The summed E-state index contributed by atoms with van der Waals surface area (Å²) in [6.45, 7) is 7.38. The van der Waals surface area contributed by atoms with Crippen molar-refractivity contribution in [3.05, 3.63) is 59.2 Å². The Balaban J connectivity index is 1.78. The number of nitrogens with one attached hydrogen (secondary N) is 1. The van der Waals surface area contributed by atoms with Crippen LogP contribution in [0.2, 0.25) is 0 Å². The number of benzene rings is 2. The maximum absolute atomic E-state index is 12.2. The molecule has 2 aromatic rings. The third-order valence-electron chi connectivity index (χ3n) is 3.43. The number of carbonyl (C=O) groups is 1. The van der Waals surface area contributed by atoms with E-state index >= 15 is 0 Å². The Bertz CT molecular complexity index is 650. The van der Waals surface area contributed by atoms with Gasteiger partial charge >= 0.3 is 0 Å². The minimum atomic E-state index is -0.0681. The van der Waals surface area contributed by atoms with Crippen molar-refractivity contribution in [3.63, 3.8) is 0 Å². The van der Waals surface area contributed by atoms with E-state index in [2.05, 4.69) is 5.32 Å². The zero-order chi connectivity index (χ0) is 16.7. The molecule has 2 aromatic carbocycles. The SMILES string of the molecule is CCOc1ccc(OCCNC(=O)c2cc(C)ccc2C)cc1. The lowest BCUT2D eigenvalue weighted by molar-refractivity contribution is 0.0946. The Labute approximate surface area is 137 Å². The topological polar surface area (TPSA) is 47.6 Å². The fourth-order valence-corrected chi connectivity index (χ4v) is 2.21. The molecule has 122 valence electrons. The van der Waals surface area contributed by atoms with Gasteiger partial charge in [0.15, 0.2) is 0 Å². The van der Waals surface area contributed by atoms with Gasteiger partial charge in [0.2, 0.25) is 0 Å². The molecule has 4 heteroatoms. The van der Waals surface area contributed by atoms with Gasteiger partial charge in [-0.25, -0.2) is 0 Å². The molecule has 4 nitrogen and oxygen atoms in total. The molecule has 0 radical (unpaired) electrons. The maximum atomic E-state index is 12.2. The molecule has 0 saturated carbocycles. The Morgan fingerprint density at radius 1 is 1.00 bits per heavy atom. The van der Waals surface area contributed by atoms with Gasteiger partial charge in [0.25, 0.3) is 5.91 Å². The Morgan fingerprint density at radius 2 is 1.65 bits per heavy atom. The number of rotatable bonds is 7. The average molecular weight is 313 g/mol. The van der Waals surface area contributed by atoms with Crippen molar-refractivity contribution in [3.8, 4) is 11.5 Å². The zero-order valence-corrected chi connectivity index (χ0v) is 13.9. The molecule has 0 aliphatic carbocycles. The van der Waals surface area contributed by atoms with E-state index in [0.29, 0.717) is 25.3 Å². The smallest absolute Gasteiger partial charge is 0.251 e. The first-order chi connectivity index (χ1) is 11.1. The van der Waals surface area contributed by atoms with E-state index in [1.54, 1.807) is 0 Å². The Kier molecular flexibility index (Phi) is 6.03. The fourth-order valence-electron chi connectivity index (χ4n) is 2.21. The van der Waals surface area contributed by atoms with Crippen molar-refractivity contribution in [2.45, 2.75) is 20.8 Å². The van der Waals surface area contributed by atoms with Crippen molar-refractivity contribution < 1.29 is 14.3 Å². The monoisotopic (exact) mass is 313 g/mol. The molecule has 0 fully saturated rings. The number of carbonyl (C=O) groups excluding carboxylic acids is 1. The van der Waals surface area contributed by atoms with E-state index in [0.717, 1.165) is 22.6 Å². The minimum absolute atomic E-state index is 0.0681. The van der Waals surface area contributed by atoms with Crippen molar-refractivity contribution in [2.24, 2.45) is 0 Å². The van der Waals surface area contributed by atoms with Gasteiger partial charge in [-0.15, -0.1) is 0 Å². The van der Waals surface area contributed by atoms with Gasteiger partial charge in [-0.3, -0.25) is 4.79 Å². The van der Waals surface area contributed by atoms with Crippen LogP contribution in [0.25, 0.3) is 0 Å². The quantitative estimate of drug-likeness (QED) is 0.796. The average Bonchev–Trinajstić information content (AvgIpc) is 2.55. The summed E-state index contributed by atoms with van der Waals surface area (Å²) in [6.07, 6.45) is 0. The van der Waals surface area contributed by atoms with Crippen LogP contribution in [0.5, 0.6) is 11.5 Å². The van der Waals surface area contributed by atoms with E-state index in [9.17, 15) is 4.79 Å². The molecular formula is C19H23NO3. The first-order valence-electron chi connectivity index (χ1n) is 7.81. The second kappa shape index (κ2) is 8.22. The summed E-state index contributed by atoms with van der Waals surface area (Å²) in [5, 5.41) is 2.88. The summed E-state index contributed by atoms with van der Waals surface area (Å²) in [5.41, 5.74) is 2.76. The van der Waals surface area contributed by atoms with E-state index < -0.39 is 0 Å². The molecule has 0 atom stereocenters. The third-order valence-corrected chi connectivity index (χ3v) is 3.43. The van der Waals surface area contributed by atoms with Crippen molar-refractivity contribution in [2.75, 3.05) is 19.8 Å². The van der Waals surface area contributed by atoms with Crippen LogP contribution in [0.15, 0.2) is 42.5 Å². The molecule has 0 aromatic heterocycles. The maximum Gasteiger partial charge on any atom is 0.251 e. The lowest BCUT2D eigenvalue weighted by Crippen LogP contribution is -2.28. The largest absolute Gasteiger partial charge is 0.494 e. The van der Waals surface area contributed by atoms with E-state index in [1.165, 1.54) is 0 Å². The lowest BCUT2D eigenvalue weighted by Gasteiger charge is -2.10. The van der Waals surface area contributed by atoms with Gasteiger partial charge in [0.1, 0.15) is 18.1 Å². The van der Waals surface area contributed by atoms with E-state index in [-0.39, 0.29) is 5.91 Å². The summed E-state index contributed by atoms with van der Waals surface area (Å²) in [6, 6.07) is 13.3. The summed E-state index contributed by atoms with van der Waals surface area (Å²) >= 11 is 0. The number of ether oxygens (including phenoxy) is 2. The normalized spacial score (nSPS) is 10.2. The van der Waals surface area contributed by atoms with Crippen LogP contribution in [0.1, 0.15) is 28.4 Å². The minimum Gasteiger partial charge on any atom is -0.494 e.